The van der Waals surface area contributed by atoms with E-state index in [9.17, 15) is 9.18 Å². The Labute approximate surface area is 131 Å². The number of hydrogen-bond donors (Lipinski definition) is 1. The lowest BCUT2D eigenvalue weighted by atomic mass is 9.94. The molecule has 0 spiro atoms. The lowest BCUT2D eigenvalue weighted by Gasteiger charge is -2.29. The van der Waals surface area contributed by atoms with Gasteiger partial charge in [-0.2, -0.15) is 0 Å². The van der Waals surface area contributed by atoms with Crippen LogP contribution in [0.15, 0.2) is 24.3 Å². The molecule has 0 radical (unpaired) electrons. The molecule has 3 rings (SSSR count). The molecule has 1 aromatic rings. The summed E-state index contributed by atoms with van der Waals surface area (Å²) in [4.78, 5) is 14.6. The van der Waals surface area contributed by atoms with Crippen LogP contribution in [0.2, 0.25) is 0 Å². The van der Waals surface area contributed by atoms with Gasteiger partial charge in [-0.1, -0.05) is 19.1 Å². The molecule has 2 heterocycles. The molecule has 1 aromatic carbocycles. The number of halogens is 2. The summed E-state index contributed by atoms with van der Waals surface area (Å²) in [5.74, 6) is 0.483. The molecule has 0 bridgehead atoms. The van der Waals surface area contributed by atoms with Gasteiger partial charge in [0.2, 0.25) is 5.91 Å². The second-order valence-electron chi connectivity index (χ2n) is 5.99. The van der Waals surface area contributed by atoms with Gasteiger partial charge < -0.3 is 10.2 Å². The second kappa shape index (κ2) is 6.75. The fraction of sp³-hybridized carbons (Fsp3) is 0.562. The van der Waals surface area contributed by atoms with Gasteiger partial charge >= 0.3 is 0 Å². The van der Waals surface area contributed by atoms with Crippen molar-refractivity contribution in [3.63, 3.8) is 0 Å². The van der Waals surface area contributed by atoms with Crippen LogP contribution < -0.4 is 5.32 Å². The molecule has 0 aliphatic carbocycles. The maximum Gasteiger partial charge on any atom is 0.227 e. The first kappa shape index (κ1) is 16.2. The number of nitrogens with zero attached hydrogens (tertiary/aromatic N) is 1. The molecule has 116 valence electrons. The van der Waals surface area contributed by atoms with E-state index in [1.165, 1.54) is 6.07 Å². The number of likely N-dealkylation sites (tertiary alicyclic amines) is 1. The van der Waals surface area contributed by atoms with E-state index in [-0.39, 0.29) is 36.1 Å². The summed E-state index contributed by atoms with van der Waals surface area (Å²) in [7, 11) is 0. The van der Waals surface area contributed by atoms with Crippen molar-refractivity contribution >= 4 is 18.3 Å². The van der Waals surface area contributed by atoms with Gasteiger partial charge in [-0.3, -0.25) is 4.79 Å². The van der Waals surface area contributed by atoms with E-state index in [0.717, 1.165) is 38.0 Å². The average Bonchev–Trinajstić information content (AvgIpc) is 3.07. The van der Waals surface area contributed by atoms with Gasteiger partial charge in [0.25, 0.3) is 0 Å². The largest absolute Gasteiger partial charge is 0.335 e. The Kier molecular flexibility index (Phi) is 5.22. The summed E-state index contributed by atoms with van der Waals surface area (Å²) in [6, 6.07) is 6.72. The molecule has 2 fully saturated rings. The average molecular weight is 313 g/mol. The zero-order chi connectivity index (χ0) is 14.1. The molecule has 1 N–H and O–H groups in total. The summed E-state index contributed by atoms with van der Waals surface area (Å²) in [5.41, 5.74) is 0.925. The van der Waals surface area contributed by atoms with Gasteiger partial charge in [0.05, 0.1) is 12.0 Å². The zero-order valence-corrected chi connectivity index (χ0v) is 13.0. The molecular weight excluding hydrogens is 291 g/mol. The van der Waals surface area contributed by atoms with E-state index in [1.54, 1.807) is 12.1 Å². The first-order valence-electron chi connectivity index (χ1n) is 7.43. The van der Waals surface area contributed by atoms with Gasteiger partial charge in [-0.15, -0.1) is 12.4 Å². The second-order valence-corrected chi connectivity index (χ2v) is 5.99. The van der Waals surface area contributed by atoms with Gasteiger partial charge in [0, 0.05) is 13.1 Å². The maximum absolute atomic E-state index is 13.5. The summed E-state index contributed by atoms with van der Waals surface area (Å²) in [5, 5.41) is 3.24. The summed E-state index contributed by atoms with van der Waals surface area (Å²) in [6.45, 7) is 4.64. The Balaban J connectivity index is 0.00000161. The highest BCUT2D eigenvalue weighted by Crippen LogP contribution is 2.38. The van der Waals surface area contributed by atoms with Crippen LogP contribution in [-0.4, -0.2) is 30.4 Å². The van der Waals surface area contributed by atoms with Crippen molar-refractivity contribution in [1.82, 2.24) is 10.2 Å². The molecule has 21 heavy (non-hydrogen) atoms. The molecule has 0 aromatic heterocycles. The molecule has 1 amide bonds. The Morgan fingerprint density at radius 2 is 2.19 bits per heavy atom. The number of benzene rings is 1. The van der Waals surface area contributed by atoms with Gasteiger partial charge in [-0.25, -0.2) is 4.39 Å². The number of hydrogen-bond acceptors (Lipinski definition) is 2. The van der Waals surface area contributed by atoms with Crippen molar-refractivity contribution in [2.24, 2.45) is 11.8 Å². The van der Waals surface area contributed by atoms with Crippen LogP contribution in [0.4, 0.5) is 4.39 Å². The lowest BCUT2D eigenvalue weighted by Crippen LogP contribution is -2.37. The molecule has 2 saturated heterocycles. The number of nitrogens with one attached hydrogen (secondary N) is 1. The lowest BCUT2D eigenvalue weighted by molar-refractivity contribution is -0.136. The molecule has 3 nitrogen and oxygen atoms in total. The molecule has 2 aliphatic rings. The minimum absolute atomic E-state index is 0. The minimum Gasteiger partial charge on any atom is -0.335 e. The Hall–Kier alpha value is -1.13. The topological polar surface area (TPSA) is 32.3 Å². The van der Waals surface area contributed by atoms with E-state index in [4.69, 9.17) is 0 Å². The van der Waals surface area contributed by atoms with E-state index in [0.29, 0.717) is 5.92 Å². The Morgan fingerprint density at radius 3 is 2.86 bits per heavy atom. The van der Waals surface area contributed by atoms with Crippen LogP contribution in [0.3, 0.4) is 0 Å². The van der Waals surface area contributed by atoms with E-state index < -0.39 is 0 Å². The van der Waals surface area contributed by atoms with Crippen LogP contribution in [0.5, 0.6) is 0 Å². The number of carbonyl (C=O) groups is 1. The number of amides is 1. The molecule has 5 heteroatoms. The molecular formula is C16H22ClFN2O. The van der Waals surface area contributed by atoms with Crippen LogP contribution in [0, 0.1) is 17.7 Å². The van der Waals surface area contributed by atoms with Crippen LogP contribution in [-0.2, 0) is 4.79 Å². The highest BCUT2D eigenvalue weighted by atomic mass is 35.5. The normalized spacial score (nSPS) is 28.5. The van der Waals surface area contributed by atoms with Crippen molar-refractivity contribution in [3.8, 4) is 0 Å². The first-order valence-corrected chi connectivity index (χ1v) is 7.43. The standard InChI is InChI=1S/C16H21FN2O.ClH/c1-11-6-8-19(16(20)13-5-7-18-10-13)15(11)12-3-2-4-14(17)9-12;/h2-4,9,11,13,15,18H,5-8,10H2,1H3;1H. The van der Waals surface area contributed by atoms with Gasteiger partial charge in [0.1, 0.15) is 5.82 Å². The van der Waals surface area contributed by atoms with E-state index in [1.807, 2.05) is 11.0 Å². The summed E-state index contributed by atoms with van der Waals surface area (Å²) in [6.07, 6.45) is 1.91. The molecule has 3 unspecified atom stereocenters. The zero-order valence-electron chi connectivity index (χ0n) is 12.2. The SMILES string of the molecule is CC1CCN(C(=O)C2CCNC2)C1c1cccc(F)c1.Cl. The third kappa shape index (κ3) is 3.22. The third-order valence-corrected chi connectivity index (χ3v) is 4.58. The monoisotopic (exact) mass is 312 g/mol. The molecule has 3 atom stereocenters. The van der Waals surface area contributed by atoms with Crippen molar-refractivity contribution in [3.05, 3.63) is 35.6 Å². The van der Waals surface area contributed by atoms with E-state index in [2.05, 4.69) is 12.2 Å². The molecule has 2 aliphatic heterocycles. The van der Waals surface area contributed by atoms with Gasteiger partial charge in [0.15, 0.2) is 0 Å². The van der Waals surface area contributed by atoms with Crippen molar-refractivity contribution in [2.75, 3.05) is 19.6 Å². The molecule has 0 saturated carbocycles. The number of carbonyl (C=O) groups excluding carboxylic acids is 1. The maximum atomic E-state index is 13.5. The van der Waals surface area contributed by atoms with Crippen molar-refractivity contribution < 1.29 is 9.18 Å². The predicted molar refractivity (Wildman–Crippen MR) is 82.9 cm³/mol. The summed E-state index contributed by atoms with van der Waals surface area (Å²) >= 11 is 0. The van der Waals surface area contributed by atoms with Crippen LogP contribution in [0.1, 0.15) is 31.4 Å². The fourth-order valence-electron chi connectivity index (χ4n) is 3.49. The van der Waals surface area contributed by atoms with Crippen molar-refractivity contribution in [1.29, 1.82) is 0 Å². The van der Waals surface area contributed by atoms with Crippen LogP contribution >= 0.6 is 12.4 Å². The number of rotatable bonds is 2. The Bertz CT molecular complexity index is 505. The van der Waals surface area contributed by atoms with Gasteiger partial charge in [-0.05, 0) is 43.0 Å². The highest BCUT2D eigenvalue weighted by molar-refractivity contribution is 5.85. The third-order valence-electron chi connectivity index (χ3n) is 4.58. The minimum atomic E-state index is -0.225. The fourth-order valence-corrected chi connectivity index (χ4v) is 3.49. The van der Waals surface area contributed by atoms with E-state index >= 15 is 0 Å². The first-order chi connectivity index (χ1) is 9.66. The summed E-state index contributed by atoms with van der Waals surface area (Å²) < 4.78 is 13.5. The predicted octanol–water partition coefficient (Wildman–Crippen LogP) is 2.77. The quantitative estimate of drug-likeness (QED) is 0.911. The smallest absolute Gasteiger partial charge is 0.227 e. The van der Waals surface area contributed by atoms with Crippen molar-refractivity contribution in [2.45, 2.75) is 25.8 Å². The highest BCUT2D eigenvalue weighted by Gasteiger charge is 2.38. The Morgan fingerprint density at radius 1 is 1.38 bits per heavy atom. The van der Waals surface area contributed by atoms with Crippen LogP contribution in [0.25, 0.3) is 0 Å².